The fraction of sp³-hybridized carbons (Fsp3) is 0.464. The van der Waals surface area contributed by atoms with Crippen LogP contribution in [0.25, 0.3) is 0 Å². The fourth-order valence-electron chi connectivity index (χ4n) is 6.86. The standard InChI is InChI=1S/2C11H13F3.C11H13N.C10H14.C9H14O.C9H14S.C8H12N2/c1-10(2,3)8-4-6-9(7-5-8)11(12,13)14;1-10(2,3)8-5-4-6-9(7-8)11(12,13)14;1-11(2,3)10-6-4-9(8-12)5-7-10;1-10(2,3)9-7-5-4-6-8-9;2*1-9(2,3)7-8-5-4-6-10-8;1-8(2,3)7-6-9-4-5-10-7/h2*4-7H,1-3H3;4-7H,1-3H3;4-8H,1-3H3;2*4-6H,7H2,1-3H3;4-6H,1-3H3. The molecule has 0 bridgehead atoms. The van der Waals surface area contributed by atoms with Crippen molar-refractivity contribution in [3.05, 3.63) is 213 Å². The van der Waals surface area contributed by atoms with E-state index in [0.29, 0.717) is 21.8 Å². The van der Waals surface area contributed by atoms with Gasteiger partial charge in [0, 0.05) is 35.3 Å². The summed E-state index contributed by atoms with van der Waals surface area (Å²) in [4.78, 5) is 9.67. The van der Waals surface area contributed by atoms with E-state index < -0.39 is 23.5 Å². The number of alkyl halides is 6. The average Bonchev–Trinajstić information content (AvgIpc) is 4.05. The van der Waals surface area contributed by atoms with Gasteiger partial charge in [-0.2, -0.15) is 31.6 Å². The Morgan fingerprint density at radius 2 is 0.875 bits per heavy atom. The molecule has 438 valence electrons. The highest BCUT2D eigenvalue weighted by molar-refractivity contribution is 7.09. The number of nitrogens with zero attached hydrogens (tertiary/aromatic N) is 3. The molecule has 3 aromatic heterocycles. The van der Waals surface area contributed by atoms with Crippen LogP contribution in [0.3, 0.4) is 0 Å². The van der Waals surface area contributed by atoms with Crippen LogP contribution in [0.4, 0.5) is 26.3 Å². The third-order valence-electron chi connectivity index (χ3n) is 11.6. The van der Waals surface area contributed by atoms with E-state index in [1.54, 1.807) is 30.9 Å². The van der Waals surface area contributed by atoms with Crippen molar-refractivity contribution in [3.63, 3.8) is 0 Å². The number of nitriles is 1. The molecule has 4 nitrogen and oxygen atoms in total. The van der Waals surface area contributed by atoms with Crippen molar-refractivity contribution in [2.24, 2.45) is 10.8 Å². The van der Waals surface area contributed by atoms with Crippen LogP contribution in [-0.2, 0) is 52.3 Å². The molecule has 0 spiro atoms. The largest absolute Gasteiger partial charge is 0.469 e. The minimum atomic E-state index is -4.25. The predicted molar refractivity (Wildman–Crippen MR) is 325 cm³/mol. The van der Waals surface area contributed by atoms with E-state index in [-0.39, 0.29) is 21.7 Å². The first-order chi connectivity index (χ1) is 36.3. The molecule has 0 saturated heterocycles. The Morgan fingerprint density at radius 3 is 1.21 bits per heavy atom. The van der Waals surface area contributed by atoms with Crippen molar-refractivity contribution in [3.8, 4) is 6.07 Å². The maximum atomic E-state index is 12.4. The zero-order chi connectivity index (χ0) is 61.6. The zero-order valence-corrected chi connectivity index (χ0v) is 52.7. The van der Waals surface area contributed by atoms with Crippen LogP contribution in [0.1, 0.15) is 201 Å². The average molecular weight is 1130 g/mol. The number of hydrogen-bond donors (Lipinski definition) is 0. The molecule has 7 rings (SSSR count). The molecule has 11 heteroatoms. The van der Waals surface area contributed by atoms with Crippen LogP contribution in [0.2, 0.25) is 0 Å². The van der Waals surface area contributed by atoms with Crippen molar-refractivity contribution >= 4 is 11.3 Å². The lowest BCUT2D eigenvalue weighted by Crippen LogP contribution is -2.13. The Balaban J connectivity index is 0.000000469. The zero-order valence-electron chi connectivity index (χ0n) is 51.9. The van der Waals surface area contributed by atoms with Crippen LogP contribution in [-0.4, -0.2) is 9.97 Å². The molecule has 0 unspecified atom stereocenters. The van der Waals surface area contributed by atoms with Gasteiger partial charge in [-0.15, -0.1) is 11.3 Å². The van der Waals surface area contributed by atoms with Gasteiger partial charge in [0.05, 0.1) is 34.7 Å². The molecule has 4 aromatic carbocycles. The van der Waals surface area contributed by atoms with Gasteiger partial charge in [-0.05, 0) is 115 Å². The van der Waals surface area contributed by atoms with Gasteiger partial charge in [-0.1, -0.05) is 224 Å². The van der Waals surface area contributed by atoms with E-state index in [9.17, 15) is 26.3 Å². The second-order valence-electron chi connectivity index (χ2n) is 27.2. The summed E-state index contributed by atoms with van der Waals surface area (Å²) in [6.07, 6.45) is 0.666. The number of aromatic nitrogens is 2. The SMILES string of the molecule is CC(C)(C)Cc1ccco1.CC(C)(C)Cc1cccs1.CC(C)(C)c1ccc(C#N)cc1.CC(C)(C)c1ccc(C(F)(F)F)cc1.CC(C)(C)c1cccc(C(F)(F)F)c1.CC(C)(C)c1ccccc1.CC(C)(C)c1cnccn1. The van der Waals surface area contributed by atoms with Crippen molar-refractivity contribution in [1.82, 2.24) is 9.97 Å². The Morgan fingerprint density at radius 1 is 0.438 bits per heavy atom. The van der Waals surface area contributed by atoms with Crippen molar-refractivity contribution < 1.29 is 30.8 Å². The highest BCUT2D eigenvalue weighted by Gasteiger charge is 2.32. The van der Waals surface area contributed by atoms with Gasteiger partial charge in [0.2, 0.25) is 0 Å². The summed E-state index contributed by atoms with van der Waals surface area (Å²) in [5.41, 5.74) is 5.86. The molecular formula is C69H93F6N3OS. The van der Waals surface area contributed by atoms with Crippen molar-refractivity contribution in [1.29, 1.82) is 5.26 Å². The molecule has 3 heterocycles. The maximum Gasteiger partial charge on any atom is 0.416 e. The molecule has 0 aliphatic rings. The third kappa shape index (κ3) is 31.1. The maximum absolute atomic E-state index is 12.4. The van der Waals surface area contributed by atoms with Crippen LogP contribution in [0, 0.1) is 22.2 Å². The van der Waals surface area contributed by atoms with Crippen LogP contribution in [0.5, 0.6) is 0 Å². The normalized spacial score (nSPS) is 12.0. The number of halogens is 6. The van der Waals surface area contributed by atoms with E-state index in [0.717, 1.165) is 47.2 Å². The highest BCUT2D eigenvalue weighted by atomic mass is 32.1. The van der Waals surface area contributed by atoms with Gasteiger partial charge in [0.15, 0.2) is 0 Å². The van der Waals surface area contributed by atoms with E-state index in [4.69, 9.17) is 9.68 Å². The summed E-state index contributed by atoms with van der Waals surface area (Å²) < 4.78 is 78.9. The van der Waals surface area contributed by atoms with E-state index >= 15 is 0 Å². The number of furan rings is 1. The molecule has 0 N–H and O–H groups in total. The quantitative estimate of drug-likeness (QED) is 0.162. The summed E-state index contributed by atoms with van der Waals surface area (Å²) >= 11 is 1.85. The smallest absolute Gasteiger partial charge is 0.416 e. The molecule has 0 atom stereocenters. The van der Waals surface area contributed by atoms with Crippen LogP contribution in [0.15, 0.2) is 162 Å². The molecule has 80 heavy (non-hydrogen) atoms. The lowest BCUT2D eigenvalue weighted by atomic mass is 9.86. The van der Waals surface area contributed by atoms with Crippen LogP contribution < -0.4 is 0 Å². The van der Waals surface area contributed by atoms with Gasteiger partial charge in [-0.25, -0.2) is 0 Å². The van der Waals surface area contributed by atoms with Gasteiger partial charge in [-0.3, -0.25) is 9.97 Å². The third-order valence-corrected chi connectivity index (χ3v) is 12.4. The summed E-state index contributed by atoms with van der Waals surface area (Å²) in [7, 11) is 0. The van der Waals surface area contributed by atoms with Crippen LogP contribution >= 0.6 is 11.3 Å². The lowest BCUT2D eigenvalue weighted by Gasteiger charge is -2.20. The Hall–Kier alpha value is -5.99. The van der Waals surface area contributed by atoms with Gasteiger partial charge in [0.1, 0.15) is 5.76 Å². The lowest BCUT2D eigenvalue weighted by molar-refractivity contribution is -0.138. The van der Waals surface area contributed by atoms with Crippen molar-refractivity contribution in [2.75, 3.05) is 0 Å². The second-order valence-corrected chi connectivity index (χ2v) is 28.2. The highest BCUT2D eigenvalue weighted by Crippen LogP contribution is 2.34. The minimum absolute atomic E-state index is 0.107. The van der Waals surface area contributed by atoms with E-state index in [1.165, 1.54) is 46.7 Å². The van der Waals surface area contributed by atoms with Gasteiger partial charge < -0.3 is 4.42 Å². The second kappa shape index (κ2) is 30.7. The first-order valence-corrected chi connectivity index (χ1v) is 27.9. The molecule has 7 aromatic rings. The molecule has 0 aliphatic carbocycles. The van der Waals surface area contributed by atoms with E-state index in [2.05, 4.69) is 168 Å². The Labute approximate surface area is 482 Å². The molecular weight excluding hydrogens is 1030 g/mol. The summed E-state index contributed by atoms with van der Waals surface area (Å²) in [6, 6.07) is 39.5. The molecule has 0 aliphatic heterocycles. The monoisotopic (exact) mass is 1130 g/mol. The summed E-state index contributed by atoms with van der Waals surface area (Å²) in [6.45, 7) is 44.5. The number of rotatable bonds is 2. The summed E-state index contributed by atoms with van der Waals surface area (Å²) in [5.74, 6) is 1.08. The first kappa shape index (κ1) is 72.0. The molecule has 0 fully saturated rings. The number of thiophene rings is 1. The fourth-order valence-corrected chi connectivity index (χ4v) is 7.87. The predicted octanol–water partition coefficient (Wildman–Crippen LogP) is 21.8. The molecule has 0 saturated carbocycles. The molecule has 0 radical (unpaired) electrons. The van der Waals surface area contributed by atoms with Crippen molar-refractivity contribution in [2.45, 2.75) is 198 Å². The topological polar surface area (TPSA) is 62.7 Å². The summed E-state index contributed by atoms with van der Waals surface area (Å²) in [5, 5.41) is 10.7. The van der Waals surface area contributed by atoms with Gasteiger partial charge in [0.25, 0.3) is 0 Å². The number of hydrogen-bond acceptors (Lipinski definition) is 5. The van der Waals surface area contributed by atoms with Gasteiger partial charge >= 0.3 is 12.4 Å². The Kier molecular flexibility index (Phi) is 27.7. The number of benzene rings is 4. The first-order valence-electron chi connectivity index (χ1n) is 27.1. The Bertz CT molecular complexity index is 2620. The minimum Gasteiger partial charge on any atom is -0.469 e. The molecule has 0 amide bonds. The van der Waals surface area contributed by atoms with E-state index in [1.807, 2.05) is 89.3 Å².